The van der Waals surface area contributed by atoms with Gasteiger partial charge in [0.05, 0.1) is 19.3 Å². The minimum absolute atomic E-state index is 0.316. The number of ether oxygens (including phenoxy) is 2. The standard InChI is InChI=1S/C14H22O4/c1-12-9-11(15)13(2,16)8-10(12)4-3-5-14(12)17-6-7-18-14/h8,11,15-16H,3-7,9H2,1-2H3/t11-,12-,13+/m0/s1. The van der Waals surface area contributed by atoms with Crippen LogP contribution in [0.3, 0.4) is 0 Å². The van der Waals surface area contributed by atoms with Crippen molar-refractivity contribution in [3.8, 4) is 0 Å². The fourth-order valence-corrected chi connectivity index (χ4v) is 3.79. The number of hydrogen-bond acceptors (Lipinski definition) is 4. The lowest BCUT2D eigenvalue weighted by Crippen LogP contribution is -2.58. The third-order valence-electron chi connectivity index (χ3n) is 5.00. The summed E-state index contributed by atoms with van der Waals surface area (Å²) >= 11 is 0. The van der Waals surface area contributed by atoms with E-state index in [0.717, 1.165) is 19.3 Å². The van der Waals surface area contributed by atoms with Crippen molar-refractivity contribution in [3.05, 3.63) is 11.6 Å². The molecule has 1 saturated heterocycles. The highest BCUT2D eigenvalue weighted by atomic mass is 16.7. The zero-order valence-corrected chi connectivity index (χ0v) is 11.1. The molecule has 0 aromatic carbocycles. The summed E-state index contributed by atoms with van der Waals surface area (Å²) in [5, 5.41) is 20.4. The summed E-state index contributed by atoms with van der Waals surface area (Å²) in [5.41, 5.74) is -0.277. The minimum Gasteiger partial charge on any atom is -0.390 e. The van der Waals surface area contributed by atoms with E-state index in [-0.39, 0.29) is 5.41 Å². The van der Waals surface area contributed by atoms with Gasteiger partial charge in [0.25, 0.3) is 0 Å². The van der Waals surface area contributed by atoms with Crippen molar-refractivity contribution in [1.82, 2.24) is 0 Å². The van der Waals surface area contributed by atoms with Crippen molar-refractivity contribution in [3.63, 3.8) is 0 Å². The van der Waals surface area contributed by atoms with Gasteiger partial charge in [-0.05, 0) is 26.2 Å². The van der Waals surface area contributed by atoms with E-state index in [2.05, 4.69) is 6.92 Å². The molecular formula is C14H22O4. The molecule has 102 valence electrons. The third kappa shape index (κ3) is 1.53. The van der Waals surface area contributed by atoms with Crippen LogP contribution in [0, 0.1) is 5.41 Å². The lowest BCUT2D eigenvalue weighted by molar-refractivity contribution is -0.249. The van der Waals surface area contributed by atoms with E-state index in [4.69, 9.17) is 9.47 Å². The van der Waals surface area contributed by atoms with Crippen LogP contribution in [-0.2, 0) is 9.47 Å². The van der Waals surface area contributed by atoms with Crippen LogP contribution in [0.2, 0.25) is 0 Å². The molecule has 2 N–H and O–H groups in total. The second-order valence-corrected chi connectivity index (χ2v) is 6.25. The van der Waals surface area contributed by atoms with E-state index < -0.39 is 17.5 Å². The Morgan fingerprint density at radius 1 is 1.28 bits per heavy atom. The Morgan fingerprint density at radius 3 is 2.61 bits per heavy atom. The van der Waals surface area contributed by atoms with Crippen molar-refractivity contribution < 1.29 is 19.7 Å². The summed E-state index contributed by atoms with van der Waals surface area (Å²) in [5.74, 6) is -0.589. The molecule has 2 fully saturated rings. The summed E-state index contributed by atoms with van der Waals surface area (Å²) in [6, 6.07) is 0. The average Bonchev–Trinajstić information content (AvgIpc) is 2.74. The topological polar surface area (TPSA) is 58.9 Å². The van der Waals surface area contributed by atoms with Gasteiger partial charge in [-0.2, -0.15) is 0 Å². The monoisotopic (exact) mass is 254 g/mol. The molecule has 0 aromatic heterocycles. The summed E-state index contributed by atoms with van der Waals surface area (Å²) in [6.45, 7) is 5.01. The van der Waals surface area contributed by atoms with Crippen LogP contribution >= 0.6 is 0 Å². The largest absolute Gasteiger partial charge is 0.390 e. The molecule has 2 aliphatic carbocycles. The highest BCUT2D eigenvalue weighted by Gasteiger charge is 2.60. The Kier molecular flexibility index (Phi) is 2.66. The first-order valence-electron chi connectivity index (χ1n) is 6.80. The maximum atomic E-state index is 10.2. The van der Waals surface area contributed by atoms with Gasteiger partial charge in [-0.1, -0.05) is 18.6 Å². The molecule has 4 heteroatoms. The fourth-order valence-electron chi connectivity index (χ4n) is 3.79. The second-order valence-electron chi connectivity index (χ2n) is 6.25. The molecule has 4 nitrogen and oxygen atoms in total. The lowest BCUT2D eigenvalue weighted by atomic mass is 9.59. The zero-order chi connectivity index (χ0) is 13.0. The number of fused-ring (bicyclic) bond motifs is 2. The van der Waals surface area contributed by atoms with Gasteiger partial charge in [0.2, 0.25) is 0 Å². The highest BCUT2D eigenvalue weighted by molar-refractivity contribution is 5.30. The first-order chi connectivity index (χ1) is 8.40. The van der Waals surface area contributed by atoms with Gasteiger partial charge in [0.1, 0.15) is 5.60 Å². The van der Waals surface area contributed by atoms with Crippen LogP contribution in [0.1, 0.15) is 39.5 Å². The third-order valence-corrected chi connectivity index (χ3v) is 5.00. The van der Waals surface area contributed by atoms with Gasteiger partial charge in [-0.3, -0.25) is 0 Å². The van der Waals surface area contributed by atoms with E-state index in [0.29, 0.717) is 19.6 Å². The minimum atomic E-state index is -1.13. The normalized spacial score (nSPS) is 46.9. The fraction of sp³-hybridized carbons (Fsp3) is 0.857. The van der Waals surface area contributed by atoms with Crippen molar-refractivity contribution in [2.45, 2.75) is 57.0 Å². The summed E-state index contributed by atoms with van der Waals surface area (Å²) < 4.78 is 11.8. The van der Waals surface area contributed by atoms with Crippen molar-refractivity contribution in [2.75, 3.05) is 13.2 Å². The number of aliphatic hydroxyl groups excluding tert-OH is 1. The van der Waals surface area contributed by atoms with Gasteiger partial charge in [0, 0.05) is 11.8 Å². The quantitative estimate of drug-likeness (QED) is 0.641. The second kappa shape index (κ2) is 3.79. The zero-order valence-electron chi connectivity index (χ0n) is 11.1. The van der Waals surface area contributed by atoms with E-state index in [1.165, 1.54) is 5.57 Å². The van der Waals surface area contributed by atoms with E-state index >= 15 is 0 Å². The average molecular weight is 254 g/mol. The molecular weight excluding hydrogens is 232 g/mol. The van der Waals surface area contributed by atoms with Gasteiger partial charge in [-0.15, -0.1) is 0 Å². The maximum absolute atomic E-state index is 10.2. The van der Waals surface area contributed by atoms with Crippen LogP contribution in [-0.4, -0.2) is 40.9 Å². The number of rotatable bonds is 0. The Hall–Kier alpha value is -0.420. The Morgan fingerprint density at radius 2 is 1.94 bits per heavy atom. The molecule has 0 unspecified atom stereocenters. The predicted octanol–water partition coefficient (Wildman–Crippen LogP) is 1.36. The molecule has 0 aromatic rings. The Bertz CT molecular complexity index is 381. The van der Waals surface area contributed by atoms with Crippen LogP contribution < -0.4 is 0 Å². The van der Waals surface area contributed by atoms with Gasteiger partial charge < -0.3 is 19.7 Å². The molecule has 0 radical (unpaired) electrons. The summed E-state index contributed by atoms with van der Waals surface area (Å²) in [7, 11) is 0. The first-order valence-corrected chi connectivity index (χ1v) is 6.80. The van der Waals surface area contributed by atoms with Crippen molar-refractivity contribution in [2.24, 2.45) is 5.41 Å². The predicted molar refractivity (Wildman–Crippen MR) is 65.9 cm³/mol. The van der Waals surface area contributed by atoms with Crippen LogP contribution in [0.5, 0.6) is 0 Å². The van der Waals surface area contributed by atoms with E-state index in [1.807, 2.05) is 6.08 Å². The highest BCUT2D eigenvalue weighted by Crippen LogP contribution is 2.57. The number of aliphatic hydroxyl groups is 2. The lowest BCUT2D eigenvalue weighted by Gasteiger charge is -2.54. The van der Waals surface area contributed by atoms with Gasteiger partial charge in [0.15, 0.2) is 5.79 Å². The van der Waals surface area contributed by atoms with E-state index in [1.54, 1.807) is 6.92 Å². The SMILES string of the molecule is C[C@]12C[C@H](O)[C@](C)(O)C=C1CCCC21OCCO1. The van der Waals surface area contributed by atoms with Crippen LogP contribution in [0.4, 0.5) is 0 Å². The first kappa shape index (κ1) is 12.6. The Labute approximate surface area is 108 Å². The molecule has 1 spiro atoms. The van der Waals surface area contributed by atoms with E-state index in [9.17, 15) is 10.2 Å². The summed E-state index contributed by atoms with van der Waals surface area (Å²) in [6.07, 6.45) is 4.38. The summed E-state index contributed by atoms with van der Waals surface area (Å²) in [4.78, 5) is 0. The molecule has 1 saturated carbocycles. The van der Waals surface area contributed by atoms with Crippen LogP contribution in [0.15, 0.2) is 11.6 Å². The Balaban J connectivity index is 2.05. The molecule has 3 atom stereocenters. The van der Waals surface area contributed by atoms with Gasteiger partial charge in [-0.25, -0.2) is 0 Å². The molecule has 18 heavy (non-hydrogen) atoms. The molecule has 3 aliphatic rings. The molecule has 0 amide bonds. The molecule has 0 bridgehead atoms. The van der Waals surface area contributed by atoms with Crippen molar-refractivity contribution in [1.29, 1.82) is 0 Å². The van der Waals surface area contributed by atoms with Crippen LogP contribution in [0.25, 0.3) is 0 Å². The smallest absolute Gasteiger partial charge is 0.177 e. The molecule has 1 heterocycles. The molecule has 1 aliphatic heterocycles. The maximum Gasteiger partial charge on any atom is 0.177 e. The van der Waals surface area contributed by atoms with Crippen molar-refractivity contribution >= 4 is 0 Å². The molecule has 3 rings (SSSR count). The van der Waals surface area contributed by atoms with Gasteiger partial charge >= 0.3 is 0 Å². The number of hydrogen-bond donors (Lipinski definition) is 2.